The predicted octanol–water partition coefficient (Wildman–Crippen LogP) is 1.02. The molecule has 1 saturated heterocycles. The molecule has 3 rings (SSSR count). The summed E-state index contributed by atoms with van der Waals surface area (Å²) in [6.45, 7) is 2.37. The number of likely N-dealkylation sites (N-methyl/N-ethyl adjacent to an activating group) is 1. The first-order chi connectivity index (χ1) is 9.79. The van der Waals surface area contributed by atoms with Crippen LogP contribution < -0.4 is 10.7 Å². The van der Waals surface area contributed by atoms with Gasteiger partial charge in [0, 0.05) is 24.0 Å². The molecular weight excluding hydrogens is 254 g/mol. The van der Waals surface area contributed by atoms with Gasteiger partial charge in [0.1, 0.15) is 0 Å². The van der Waals surface area contributed by atoms with Crippen molar-refractivity contribution in [3.63, 3.8) is 0 Å². The summed E-state index contributed by atoms with van der Waals surface area (Å²) in [6, 6.07) is 7.92. The van der Waals surface area contributed by atoms with E-state index in [9.17, 15) is 4.79 Å². The number of hydrogen-bond donors (Lipinski definition) is 1. The van der Waals surface area contributed by atoms with Crippen LogP contribution in [0.25, 0.3) is 10.9 Å². The van der Waals surface area contributed by atoms with Crippen molar-refractivity contribution in [2.24, 2.45) is 5.92 Å². The number of rotatable bonds is 4. The van der Waals surface area contributed by atoms with E-state index >= 15 is 0 Å². The van der Waals surface area contributed by atoms with Crippen LogP contribution in [0.15, 0.2) is 35.3 Å². The van der Waals surface area contributed by atoms with E-state index < -0.39 is 0 Å². The van der Waals surface area contributed by atoms with Crippen molar-refractivity contribution in [2.75, 3.05) is 20.3 Å². The Bertz CT molecular complexity index is 647. The maximum atomic E-state index is 11.8. The fraction of sp³-hybridized carbons (Fsp3) is 0.467. The lowest BCUT2D eigenvalue weighted by Gasteiger charge is -2.23. The molecule has 1 aromatic heterocycles. The van der Waals surface area contributed by atoms with Gasteiger partial charge >= 0.3 is 0 Å². The SMILES string of the molecule is CNC(Cn1ncc(=O)c2ccccc21)C1CCOC1. The monoisotopic (exact) mass is 273 g/mol. The normalized spacial score (nSPS) is 20.4. The summed E-state index contributed by atoms with van der Waals surface area (Å²) in [5.41, 5.74) is 0.862. The maximum absolute atomic E-state index is 11.8. The molecule has 1 aromatic carbocycles. The highest BCUT2D eigenvalue weighted by Crippen LogP contribution is 2.18. The molecule has 0 amide bonds. The van der Waals surface area contributed by atoms with Crippen molar-refractivity contribution in [1.82, 2.24) is 15.1 Å². The number of nitrogens with zero attached hydrogens (tertiary/aromatic N) is 2. The van der Waals surface area contributed by atoms with E-state index in [1.807, 2.05) is 36.0 Å². The van der Waals surface area contributed by atoms with Crippen LogP contribution in [0.3, 0.4) is 0 Å². The van der Waals surface area contributed by atoms with Gasteiger partial charge in [0.25, 0.3) is 0 Å². The molecule has 106 valence electrons. The van der Waals surface area contributed by atoms with Crippen LogP contribution in [0.1, 0.15) is 6.42 Å². The second kappa shape index (κ2) is 5.73. The summed E-state index contributed by atoms with van der Waals surface area (Å²) < 4.78 is 7.38. The summed E-state index contributed by atoms with van der Waals surface area (Å²) in [5.74, 6) is 0.500. The standard InChI is InChI=1S/C15H19N3O2/c1-16-13(11-6-7-20-10-11)9-18-14-5-3-2-4-12(14)15(19)8-17-18/h2-5,8,11,13,16H,6-7,9-10H2,1H3. The molecule has 0 bridgehead atoms. The molecule has 5 nitrogen and oxygen atoms in total. The zero-order valence-corrected chi connectivity index (χ0v) is 11.6. The number of fused-ring (bicyclic) bond motifs is 1. The van der Waals surface area contributed by atoms with Crippen molar-refractivity contribution < 1.29 is 4.74 Å². The maximum Gasteiger partial charge on any atom is 0.207 e. The molecule has 5 heteroatoms. The number of aromatic nitrogens is 2. The Morgan fingerprint density at radius 2 is 2.35 bits per heavy atom. The first kappa shape index (κ1) is 13.3. The predicted molar refractivity (Wildman–Crippen MR) is 77.8 cm³/mol. The number of nitrogens with one attached hydrogen (secondary N) is 1. The second-order valence-electron chi connectivity index (χ2n) is 5.23. The van der Waals surface area contributed by atoms with Gasteiger partial charge in [-0.25, -0.2) is 0 Å². The molecule has 1 N–H and O–H groups in total. The number of para-hydroxylation sites is 1. The first-order valence-corrected chi connectivity index (χ1v) is 6.99. The molecule has 0 radical (unpaired) electrons. The van der Waals surface area contributed by atoms with Gasteiger partial charge in [-0.3, -0.25) is 9.48 Å². The zero-order chi connectivity index (χ0) is 13.9. The summed E-state index contributed by atoms with van der Waals surface area (Å²) in [7, 11) is 1.97. The van der Waals surface area contributed by atoms with Crippen molar-refractivity contribution in [2.45, 2.75) is 19.0 Å². The Morgan fingerprint density at radius 3 is 3.10 bits per heavy atom. The van der Waals surface area contributed by atoms with Crippen molar-refractivity contribution in [3.05, 3.63) is 40.7 Å². The number of ether oxygens (including phenoxy) is 1. The van der Waals surface area contributed by atoms with E-state index in [0.717, 1.165) is 37.1 Å². The minimum atomic E-state index is -0.0259. The molecule has 1 aliphatic heterocycles. The van der Waals surface area contributed by atoms with Gasteiger partial charge < -0.3 is 10.1 Å². The van der Waals surface area contributed by atoms with Gasteiger partial charge in [0.2, 0.25) is 5.43 Å². The molecule has 0 saturated carbocycles. The molecule has 1 fully saturated rings. The summed E-state index contributed by atoms with van der Waals surface area (Å²) >= 11 is 0. The average molecular weight is 273 g/mol. The Hall–Kier alpha value is -1.72. The van der Waals surface area contributed by atoms with Crippen molar-refractivity contribution >= 4 is 10.9 Å². The van der Waals surface area contributed by atoms with Gasteiger partial charge in [0.15, 0.2) is 0 Å². The molecular formula is C15H19N3O2. The van der Waals surface area contributed by atoms with E-state index in [0.29, 0.717) is 12.0 Å². The lowest BCUT2D eigenvalue weighted by Crippen LogP contribution is -2.38. The lowest BCUT2D eigenvalue weighted by atomic mass is 9.99. The second-order valence-corrected chi connectivity index (χ2v) is 5.23. The van der Waals surface area contributed by atoms with E-state index in [1.165, 1.54) is 6.20 Å². The zero-order valence-electron chi connectivity index (χ0n) is 11.6. The lowest BCUT2D eigenvalue weighted by molar-refractivity contribution is 0.174. The first-order valence-electron chi connectivity index (χ1n) is 6.99. The smallest absolute Gasteiger partial charge is 0.207 e. The Labute approximate surface area is 117 Å². The highest BCUT2D eigenvalue weighted by molar-refractivity contribution is 5.77. The molecule has 0 aliphatic carbocycles. The van der Waals surface area contributed by atoms with Crippen LogP contribution in [0, 0.1) is 5.92 Å². The fourth-order valence-electron chi connectivity index (χ4n) is 2.84. The Kier molecular flexibility index (Phi) is 3.80. The molecule has 1 aliphatic rings. The van der Waals surface area contributed by atoms with Crippen LogP contribution in [0.5, 0.6) is 0 Å². The van der Waals surface area contributed by atoms with E-state index in [2.05, 4.69) is 10.4 Å². The third-order valence-corrected chi connectivity index (χ3v) is 4.04. The highest BCUT2D eigenvalue weighted by atomic mass is 16.5. The van der Waals surface area contributed by atoms with E-state index in [4.69, 9.17) is 4.74 Å². The van der Waals surface area contributed by atoms with Crippen LogP contribution in [-0.4, -0.2) is 36.1 Å². The molecule has 2 aromatic rings. The molecule has 2 unspecified atom stereocenters. The molecule has 0 spiro atoms. The van der Waals surface area contributed by atoms with Gasteiger partial charge in [-0.2, -0.15) is 5.10 Å². The van der Waals surface area contributed by atoms with Gasteiger partial charge in [-0.05, 0) is 25.6 Å². The van der Waals surface area contributed by atoms with Gasteiger partial charge in [-0.15, -0.1) is 0 Å². The number of benzene rings is 1. The number of hydrogen-bond acceptors (Lipinski definition) is 4. The Morgan fingerprint density at radius 1 is 1.50 bits per heavy atom. The summed E-state index contributed by atoms with van der Waals surface area (Å²) in [5, 5.41) is 8.36. The minimum Gasteiger partial charge on any atom is -0.381 e. The molecule has 20 heavy (non-hydrogen) atoms. The fourth-order valence-corrected chi connectivity index (χ4v) is 2.84. The summed E-state index contributed by atoms with van der Waals surface area (Å²) in [6.07, 6.45) is 2.48. The van der Waals surface area contributed by atoms with E-state index in [-0.39, 0.29) is 5.43 Å². The van der Waals surface area contributed by atoms with Crippen LogP contribution in [-0.2, 0) is 11.3 Å². The van der Waals surface area contributed by atoms with Gasteiger partial charge in [-0.1, -0.05) is 12.1 Å². The van der Waals surface area contributed by atoms with Crippen LogP contribution in [0.4, 0.5) is 0 Å². The third kappa shape index (κ3) is 2.46. The van der Waals surface area contributed by atoms with E-state index in [1.54, 1.807) is 0 Å². The Balaban J connectivity index is 1.93. The third-order valence-electron chi connectivity index (χ3n) is 4.04. The highest BCUT2D eigenvalue weighted by Gasteiger charge is 2.25. The summed E-state index contributed by atoms with van der Waals surface area (Å²) in [4.78, 5) is 11.8. The van der Waals surface area contributed by atoms with Crippen molar-refractivity contribution in [3.8, 4) is 0 Å². The van der Waals surface area contributed by atoms with Crippen LogP contribution in [0.2, 0.25) is 0 Å². The average Bonchev–Trinajstić information content (AvgIpc) is 3.01. The van der Waals surface area contributed by atoms with Crippen LogP contribution >= 0.6 is 0 Å². The molecule has 2 atom stereocenters. The largest absolute Gasteiger partial charge is 0.381 e. The quantitative estimate of drug-likeness (QED) is 0.903. The molecule has 2 heterocycles. The minimum absolute atomic E-state index is 0.0259. The topological polar surface area (TPSA) is 56.2 Å². The van der Waals surface area contributed by atoms with Crippen molar-refractivity contribution in [1.29, 1.82) is 0 Å². The van der Waals surface area contributed by atoms with Gasteiger partial charge in [0.05, 0.1) is 24.9 Å².